The number of hydrogen-bond acceptors (Lipinski definition) is 6. The average Bonchev–Trinajstić information content (AvgIpc) is 2.84. The van der Waals surface area contributed by atoms with Crippen molar-refractivity contribution in [1.82, 2.24) is 5.43 Å². The summed E-state index contributed by atoms with van der Waals surface area (Å²) in [4.78, 5) is 36.8. The van der Waals surface area contributed by atoms with Crippen molar-refractivity contribution in [2.45, 2.75) is 13.8 Å². The van der Waals surface area contributed by atoms with Crippen molar-refractivity contribution >= 4 is 56.7 Å². The Bertz CT molecular complexity index is 1330. The van der Waals surface area contributed by atoms with Crippen LogP contribution in [0.25, 0.3) is 0 Å². The molecule has 0 unspecified atom stereocenters. The van der Waals surface area contributed by atoms with E-state index in [0.717, 1.165) is 5.56 Å². The number of halogens is 2. The number of esters is 1. The first-order chi connectivity index (χ1) is 16.7. The lowest BCUT2D eigenvalue weighted by molar-refractivity contribution is -0.136. The Balaban J connectivity index is 1.67. The van der Waals surface area contributed by atoms with Crippen LogP contribution in [0.2, 0.25) is 5.02 Å². The van der Waals surface area contributed by atoms with Gasteiger partial charge in [-0.3, -0.25) is 9.59 Å². The number of amides is 2. The van der Waals surface area contributed by atoms with Crippen LogP contribution in [0.5, 0.6) is 11.5 Å². The summed E-state index contributed by atoms with van der Waals surface area (Å²) in [5, 5.41) is 6.90. The van der Waals surface area contributed by atoms with Crippen LogP contribution in [0.3, 0.4) is 0 Å². The number of hydrazone groups is 1. The smallest absolute Gasteiger partial charge is 0.344 e. The Morgan fingerprint density at radius 2 is 1.71 bits per heavy atom. The number of ether oxygens (including phenoxy) is 2. The number of nitrogens with one attached hydrogen (secondary N) is 2. The van der Waals surface area contributed by atoms with Gasteiger partial charge in [0.2, 0.25) is 0 Å². The van der Waals surface area contributed by atoms with Crippen LogP contribution in [0.4, 0.5) is 5.69 Å². The van der Waals surface area contributed by atoms with Crippen molar-refractivity contribution in [2.75, 3.05) is 12.4 Å². The van der Waals surface area contributed by atoms with E-state index >= 15 is 0 Å². The molecule has 8 nitrogen and oxygen atoms in total. The maximum atomic E-state index is 12.5. The number of benzene rings is 3. The number of methoxy groups -OCH3 is 1. The predicted molar refractivity (Wildman–Crippen MR) is 137 cm³/mol. The molecule has 3 aromatic rings. The molecule has 10 heteroatoms. The molecule has 3 aromatic carbocycles. The maximum Gasteiger partial charge on any atom is 0.344 e. The summed E-state index contributed by atoms with van der Waals surface area (Å²) in [5.74, 6) is -1.90. The van der Waals surface area contributed by atoms with E-state index in [2.05, 4.69) is 31.8 Å². The molecule has 0 bridgehead atoms. The third kappa shape index (κ3) is 6.68. The normalized spacial score (nSPS) is 10.9. The second-order valence-electron chi connectivity index (χ2n) is 7.29. The van der Waals surface area contributed by atoms with Gasteiger partial charge in [-0.15, -0.1) is 0 Å². The molecule has 0 saturated heterocycles. The highest BCUT2D eigenvalue weighted by Crippen LogP contribution is 2.30. The van der Waals surface area contributed by atoms with Gasteiger partial charge in [-0.05, 0) is 77.8 Å². The van der Waals surface area contributed by atoms with Gasteiger partial charge in [0.05, 0.1) is 18.4 Å². The Labute approximate surface area is 215 Å². The molecule has 2 amide bonds. The fourth-order valence-electron chi connectivity index (χ4n) is 2.87. The molecule has 0 heterocycles. The lowest BCUT2D eigenvalue weighted by Crippen LogP contribution is -2.32. The zero-order chi connectivity index (χ0) is 25.5. The second-order valence-corrected chi connectivity index (χ2v) is 8.55. The van der Waals surface area contributed by atoms with Crippen LogP contribution in [-0.2, 0) is 9.59 Å². The van der Waals surface area contributed by atoms with Gasteiger partial charge >= 0.3 is 17.8 Å². The van der Waals surface area contributed by atoms with Crippen molar-refractivity contribution in [2.24, 2.45) is 5.10 Å². The first-order valence-electron chi connectivity index (χ1n) is 10.3. The summed E-state index contributed by atoms with van der Waals surface area (Å²) in [6.45, 7) is 3.46. The molecule has 0 aliphatic rings. The molecule has 2 N–H and O–H groups in total. The standard InChI is InChI=1S/C25H21BrClN3O5/c1-14-8-10-17(13-20(14)27)28-23(31)24(32)30-29-15(2)16-9-11-21(22(12-16)34-3)35-25(33)18-6-4-5-7-19(18)26/h4-13H,1-3H3,(H,28,31)(H,30,32). The minimum Gasteiger partial charge on any atom is -0.493 e. The number of carbonyl (C=O) groups excluding carboxylic acids is 3. The monoisotopic (exact) mass is 557 g/mol. The van der Waals surface area contributed by atoms with E-state index in [9.17, 15) is 14.4 Å². The SMILES string of the molecule is COc1cc(C(C)=NNC(=O)C(=O)Nc2ccc(C)c(Cl)c2)ccc1OC(=O)c1ccccc1Br. The van der Waals surface area contributed by atoms with E-state index in [-0.39, 0.29) is 11.5 Å². The summed E-state index contributed by atoms with van der Waals surface area (Å²) in [5.41, 5.74) is 4.78. The number of carbonyl (C=O) groups is 3. The summed E-state index contributed by atoms with van der Waals surface area (Å²) >= 11 is 9.36. The molecule has 3 rings (SSSR count). The third-order valence-electron chi connectivity index (χ3n) is 4.84. The zero-order valence-electron chi connectivity index (χ0n) is 19.0. The first kappa shape index (κ1) is 25.9. The largest absolute Gasteiger partial charge is 0.493 e. The highest BCUT2D eigenvalue weighted by molar-refractivity contribution is 9.10. The maximum absolute atomic E-state index is 12.5. The first-order valence-corrected chi connectivity index (χ1v) is 11.4. The fraction of sp³-hybridized carbons (Fsp3) is 0.120. The van der Waals surface area contributed by atoms with E-state index in [1.54, 1.807) is 67.6 Å². The van der Waals surface area contributed by atoms with Gasteiger partial charge in [0.1, 0.15) is 0 Å². The van der Waals surface area contributed by atoms with Gasteiger partial charge in [-0.2, -0.15) is 5.10 Å². The van der Waals surface area contributed by atoms with Crippen LogP contribution < -0.4 is 20.2 Å². The molecule has 0 aromatic heterocycles. The summed E-state index contributed by atoms with van der Waals surface area (Å²) in [7, 11) is 1.44. The van der Waals surface area contributed by atoms with Crippen molar-refractivity contribution in [3.05, 3.63) is 86.8 Å². The third-order valence-corrected chi connectivity index (χ3v) is 5.94. The Morgan fingerprint density at radius 3 is 2.40 bits per heavy atom. The molecule has 0 aliphatic heterocycles. The average molecular weight is 559 g/mol. The molecular formula is C25H21BrClN3O5. The van der Waals surface area contributed by atoms with Crippen molar-refractivity contribution in [3.8, 4) is 11.5 Å². The lowest BCUT2D eigenvalue weighted by Gasteiger charge is -2.12. The van der Waals surface area contributed by atoms with Gasteiger partial charge in [-0.1, -0.05) is 29.8 Å². The van der Waals surface area contributed by atoms with Crippen molar-refractivity contribution in [3.63, 3.8) is 0 Å². The van der Waals surface area contributed by atoms with Gasteiger partial charge in [0.15, 0.2) is 11.5 Å². The van der Waals surface area contributed by atoms with Gasteiger partial charge in [-0.25, -0.2) is 10.2 Å². The molecule has 0 spiro atoms. The minimum absolute atomic E-state index is 0.213. The highest BCUT2D eigenvalue weighted by atomic mass is 79.9. The topological polar surface area (TPSA) is 106 Å². The van der Waals surface area contributed by atoms with Gasteiger partial charge in [0.25, 0.3) is 0 Å². The Kier molecular flexibility index (Phi) is 8.62. The molecule has 0 saturated carbocycles. The van der Waals surface area contributed by atoms with Gasteiger partial charge < -0.3 is 14.8 Å². The van der Waals surface area contributed by atoms with E-state index in [0.29, 0.717) is 32.0 Å². The molecular weight excluding hydrogens is 538 g/mol. The summed E-state index contributed by atoms with van der Waals surface area (Å²) in [6, 6.07) is 16.6. The summed E-state index contributed by atoms with van der Waals surface area (Å²) in [6.07, 6.45) is 0. The van der Waals surface area contributed by atoms with E-state index in [4.69, 9.17) is 21.1 Å². The van der Waals surface area contributed by atoms with Crippen LogP contribution in [0.1, 0.15) is 28.4 Å². The number of aryl methyl sites for hydroxylation is 1. The number of anilines is 1. The Hall–Kier alpha value is -3.69. The second kappa shape index (κ2) is 11.6. The van der Waals surface area contributed by atoms with E-state index in [1.165, 1.54) is 7.11 Å². The Morgan fingerprint density at radius 1 is 0.971 bits per heavy atom. The van der Waals surface area contributed by atoms with Crippen molar-refractivity contribution in [1.29, 1.82) is 0 Å². The van der Waals surface area contributed by atoms with Crippen LogP contribution in [0, 0.1) is 6.92 Å². The molecule has 0 radical (unpaired) electrons. The molecule has 0 aliphatic carbocycles. The molecule has 35 heavy (non-hydrogen) atoms. The molecule has 0 atom stereocenters. The van der Waals surface area contributed by atoms with Crippen LogP contribution in [-0.4, -0.2) is 30.6 Å². The lowest BCUT2D eigenvalue weighted by atomic mass is 10.1. The van der Waals surface area contributed by atoms with Crippen LogP contribution in [0.15, 0.2) is 70.2 Å². The number of hydrogen-bond donors (Lipinski definition) is 2. The zero-order valence-corrected chi connectivity index (χ0v) is 21.4. The fourth-order valence-corrected chi connectivity index (χ4v) is 3.49. The predicted octanol–water partition coefficient (Wildman–Crippen LogP) is 5.12. The number of rotatable bonds is 6. The van der Waals surface area contributed by atoms with E-state index < -0.39 is 17.8 Å². The van der Waals surface area contributed by atoms with Gasteiger partial charge in [0, 0.05) is 20.7 Å². The summed E-state index contributed by atoms with van der Waals surface area (Å²) < 4.78 is 11.4. The minimum atomic E-state index is -0.952. The highest BCUT2D eigenvalue weighted by Gasteiger charge is 2.17. The van der Waals surface area contributed by atoms with Crippen molar-refractivity contribution < 1.29 is 23.9 Å². The molecule has 0 fully saturated rings. The van der Waals surface area contributed by atoms with Crippen LogP contribution >= 0.6 is 27.5 Å². The quantitative estimate of drug-likeness (QED) is 0.144. The van der Waals surface area contributed by atoms with E-state index in [1.807, 2.05) is 6.92 Å². The molecule has 180 valence electrons. The number of nitrogens with zero attached hydrogens (tertiary/aromatic N) is 1.